The highest BCUT2D eigenvalue weighted by Gasteiger charge is 2.27. The van der Waals surface area contributed by atoms with Gasteiger partial charge in [0, 0.05) is 26.2 Å². The molecule has 2 aromatic carbocycles. The second kappa shape index (κ2) is 10.6. The molecule has 0 saturated carbocycles. The van der Waals surface area contributed by atoms with Crippen LogP contribution in [0.5, 0.6) is 5.75 Å². The van der Waals surface area contributed by atoms with Gasteiger partial charge in [0.15, 0.2) is 6.61 Å². The van der Waals surface area contributed by atoms with E-state index in [2.05, 4.69) is 10.0 Å². The first-order valence-corrected chi connectivity index (χ1v) is 13.6. The van der Waals surface area contributed by atoms with E-state index in [4.69, 9.17) is 4.74 Å². The van der Waals surface area contributed by atoms with Gasteiger partial charge < -0.3 is 10.1 Å². The molecule has 0 aromatic heterocycles. The highest BCUT2D eigenvalue weighted by molar-refractivity contribution is 7.89. The summed E-state index contributed by atoms with van der Waals surface area (Å²) in [5.41, 5.74) is 1.56. The number of aryl methyl sites for hydroxylation is 2. The van der Waals surface area contributed by atoms with Gasteiger partial charge in [-0.2, -0.15) is 4.31 Å². The summed E-state index contributed by atoms with van der Waals surface area (Å²) in [5, 5.41) is 2.58. The van der Waals surface area contributed by atoms with Gasteiger partial charge in [0.05, 0.1) is 9.79 Å². The highest BCUT2D eigenvalue weighted by Crippen LogP contribution is 2.26. The van der Waals surface area contributed by atoms with E-state index >= 15 is 0 Å². The molecule has 1 aliphatic heterocycles. The van der Waals surface area contributed by atoms with Crippen LogP contribution in [0, 0.1) is 13.8 Å². The SMILES string of the molecule is Cc1ccc(S(=O)(=O)NCCNC(=O)COc2ccc(S(=O)(=O)N3CCCC3)cc2C)cc1. The Morgan fingerprint density at radius 2 is 1.58 bits per heavy atom. The Bertz CT molecular complexity index is 1190. The monoisotopic (exact) mass is 495 g/mol. The summed E-state index contributed by atoms with van der Waals surface area (Å²) in [7, 11) is -7.16. The second-order valence-corrected chi connectivity index (χ2v) is 11.6. The number of ether oxygens (including phenoxy) is 1. The van der Waals surface area contributed by atoms with Crippen molar-refractivity contribution in [1.82, 2.24) is 14.3 Å². The van der Waals surface area contributed by atoms with Gasteiger partial charge in [-0.15, -0.1) is 0 Å². The predicted molar refractivity (Wildman–Crippen MR) is 124 cm³/mol. The Hall–Kier alpha value is -2.47. The molecule has 0 radical (unpaired) electrons. The lowest BCUT2D eigenvalue weighted by atomic mass is 10.2. The summed E-state index contributed by atoms with van der Waals surface area (Å²) in [6.45, 7) is 4.50. The van der Waals surface area contributed by atoms with Gasteiger partial charge in [0.2, 0.25) is 20.0 Å². The number of amides is 1. The molecule has 11 heteroatoms. The topological polar surface area (TPSA) is 122 Å². The lowest BCUT2D eigenvalue weighted by Gasteiger charge is -2.17. The van der Waals surface area contributed by atoms with Crippen LogP contribution < -0.4 is 14.8 Å². The molecule has 1 aliphatic rings. The largest absolute Gasteiger partial charge is 0.484 e. The van der Waals surface area contributed by atoms with Crippen LogP contribution >= 0.6 is 0 Å². The van der Waals surface area contributed by atoms with Gasteiger partial charge >= 0.3 is 0 Å². The highest BCUT2D eigenvalue weighted by atomic mass is 32.2. The Kier molecular flexibility index (Phi) is 8.11. The fourth-order valence-corrected chi connectivity index (χ4v) is 6.04. The van der Waals surface area contributed by atoms with Gasteiger partial charge in [-0.25, -0.2) is 21.6 Å². The first-order valence-electron chi connectivity index (χ1n) is 10.7. The molecule has 9 nitrogen and oxygen atoms in total. The predicted octanol–water partition coefficient (Wildman–Crippen LogP) is 1.56. The van der Waals surface area contributed by atoms with Crippen molar-refractivity contribution in [3.63, 3.8) is 0 Å². The van der Waals surface area contributed by atoms with Crippen molar-refractivity contribution in [3.8, 4) is 5.75 Å². The molecule has 1 amide bonds. The summed E-state index contributed by atoms with van der Waals surface area (Å²) in [6, 6.07) is 11.0. The third kappa shape index (κ3) is 6.53. The molecule has 0 unspecified atom stereocenters. The number of hydrogen-bond donors (Lipinski definition) is 2. The smallest absolute Gasteiger partial charge is 0.257 e. The van der Waals surface area contributed by atoms with Crippen LogP contribution in [0.1, 0.15) is 24.0 Å². The molecule has 0 spiro atoms. The summed E-state index contributed by atoms with van der Waals surface area (Å²) in [5.74, 6) is -0.0108. The minimum Gasteiger partial charge on any atom is -0.484 e. The molecule has 1 saturated heterocycles. The normalized spacial score (nSPS) is 14.8. The second-order valence-electron chi connectivity index (χ2n) is 7.89. The van der Waals surface area contributed by atoms with E-state index in [0.717, 1.165) is 18.4 Å². The number of benzene rings is 2. The van der Waals surface area contributed by atoms with E-state index in [1.165, 1.54) is 22.5 Å². The Morgan fingerprint density at radius 1 is 0.939 bits per heavy atom. The van der Waals surface area contributed by atoms with Crippen LogP contribution in [0.4, 0.5) is 0 Å². The summed E-state index contributed by atoms with van der Waals surface area (Å²) in [6.07, 6.45) is 1.73. The van der Waals surface area contributed by atoms with Crippen molar-refractivity contribution in [2.75, 3.05) is 32.8 Å². The number of carbonyl (C=O) groups excluding carboxylic acids is 1. The molecule has 2 aromatic rings. The van der Waals surface area contributed by atoms with Crippen LogP contribution in [0.15, 0.2) is 52.3 Å². The van der Waals surface area contributed by atoms with Gasteiger partial charge in [0.1, 0.15) is 5.75 Å². The van der Waals surface area contributed by atoms with Gasteiger partial charge in [-0.1, -0.05) is 17.7 Å². The maximum absolute atomic E-state index is 12.7. The molecular weight excluding hydrogens is 466 g/mol. The van der Waals surface area contributed by atoms with Crippen molar-refractivity contribution in [2.24, 2.45) is 0 Å². The van der Waals surface area contributed by atoms with Crippen LogP contribution in [0.3, 0.4) is 0 Å². The van der Waals surface area contributed by atoms with Crippen LogP contribution in [0.25, 0.3) is 0 Å². The molecule has 0 atom stereocenters. The van der Waals surface area contributed by atoms with E-state index in [0.29, 0.717) is 24.4 Å². The summed E-state index contributed by atoms with van der Waals surface area (Å²) >= 11 is 0. The van der Waals surface area contributed by atoms with Crippen molar-refractivity contribution in [3.05, 3.63) is 53.6 Å². The lowest BCUT2D eigenvalue weighted by molar-refractivity contribution is -0.123. The third-order valence-corrected chi connectivity index (χ3v) is 8.65. The minimum absolute atomic E-state index is 0.0318. The van der Waals surface area contributed by atoms with Crippen LogP contribution in [0.2, 0.25) is 0 Å². The average Bonchev–Trinajstić information content (AvgIpc) is 3.32. The number of nitrogens with zero attached hydrogens (tertiary/aromatic N) is 1. The molecular formula is C22H29N3O6S2. The average molecular weight is 496 g/mol. The first-order chi connectivity index (χ1) is 15.6. The molecule has 2 N–H and O–H groups in total. The number of hydrogen-bond acceptors (Lipinski definition) is 6. The maximum atomic E-state index is 12.7. The van der Waals surface area contributed by atoms with Gasteiger partial charge in [-0.3, -0.25) is 4.79 Å². The lowest BCUT2D eigenvalue weighted by Crippen LogP contribution is -2.36. The van der Waals surface area contributed by atoms with Crippen molar-refractivity contribution in [1.29, 1.82) is 0 Å². The fraction of sp³-hybridized carbons (Fsp3) is 0.409. The van der Waals surface area contributed by atoms with Crippen molar-refractivity contribution in [2.45, 2.75) is 36.5 Å². The Morgan fingerprint density at radius 3 is 2.21 bits per heavy atom. The molecule has 3 rings (SSSR count). The Balaban J connectivity index is 1.45. The number of sulfonamides is 2. The molecule has 180 valence electrons. The fourth-order valence-electron chi connectivity index (χ4n) is 3.40. The summed E-state index contributed by atoms with van der Waals surface area (Å²) in [4.78, 5) is 12.4. The molecule has 1 heterocycles. The van der Waals surface area contributed by atoms with E-state index in [1.807, 2.05) is 6.92 Å². The van der Waals surface area contributed by atoms with Crippen LogP contribution in [-0.2, 0) is 24.8 Å². The molecule has 0 aliphatic carbocycles. The number of carbonyl (C=O) groups is 1. The zero-order valence-electron chi connectivity index (χ0n) is 18.7. The number of nitrogens with one attached hydrogen (secondary N) is 2. The molecule has 1 fully saturated rings. The zero-order chi connectivity index (χ0) is 24.1. The van der Waals surface area contributed by atoms with E-state index in [1.54, 1.807) is 31.2 Å². The van der Waals surface area contributed by atoms with Crippen molar-refractivity contribution >= 4 is 26.0 Å². The molecule has 33 heavy (non-hydrogen) atoms. The van der Waals surface area contributed by atoms with E-state index in [9.17, 15) is 21.6 Å². The Labute approximate surface area is 195 Å². The standard InChI is InChI=1S/C22H29N3O6S2/c1-17-5-7-19(8-6-17)32(27,28)24-12-11-23-22(26)16-31-21-10-9-20(15-18(21)2)33(29,30)25-13-3-4-14-25/h5-10,15,24H,3-4,11-14,16H2,1-2H3,(H,23,26). The first kappa shape index (κ1) is 25.2. The third-order valence-electron chi connectivity index (χ3n) is 5.28. The van der Waals surface area contributed by atoms with E-state index < -0.39 is 26.0 Å². The summed E-state index contributed by atoms with van der Waals surface area (Å²) < 4.78 is 59.2. The maximum Gasteiger partial charge on any atom is 0.257 e. The van der Waals surface area contributed by atoms with Gasteiger partial charge in [0.25, 0.3) is 5.91 Å². The quantitative estimate of drug-likeness (QED) is 0.483. The van der Waals surface area contributed by atoms with Gasteiger partial charge in [-0.05, 0) is 62.6 Å². The zero-order valence-corrected chi connectivity index (χ0v) is 20.3. The van der Waals surface area contributed by atoms with E-state index in [-0.39, 0.29) is 29.5 Å². The van der Waals surface area contributed by atoms with Crippen LogP contribution in [-0.4, -0.2) is 59.8 Å². The molecule has 0 bridgehead atoms. The number of rotatable bonds is 10. The van der Waals surface area contributed by atoms with Crippen molar-refractivity contribution < 1.29 is 26.4 Å². The minimum atomic E-state index is -3.64.